The predicted molar refractivity (Wildman–Crippen MR) is 123 cm³/mol. The summed E-state index contributed by atoms with van der Waals surface area (Å²) in [6, 6.07) is 0. The summed E-state index contributed by atoms with van der Waals surface area (Å²) in [5.74, 6) is 1.65. The first kappa shape index (κ1) is 24.0. The standard InChI is InChI=1S/C27H44O6/c1-17(28)31-19-9-11-25(5)18(15-19)7-8-20-21-10-12-27(29-13-14-30-27)26(21,6)23(16-22(20)25)32-33-24(2,3)4/h18-23H,7-16H2,1-6H3/t18-,19-,20+,21+,22?,23?,25+,26-/m1/s1. The fourth-order valence-electron chi connectivity index (χ4n) is 8.73. The maximum atomic E-state index is 11.6. The Morgan fingerprint density at radius 3 is 2.33 bits per heavy atom. The fraction of sp³-hybridized carbons (Fsp3) is 0.963. The van der Waals surface area contributed by atoms with Gasteiger partial charge in [-0.3, -0.25) is 4.79 Å². The molecule has 1 saturated heterocycles. The van der Waals surface area contributed by atoms with Gasteiger partial charge in [0.2, 0.25) is 0 Å². The van der Waals surface area contributed by atoms with E-state index in [2.05, 4.69) is 13.8 Å². The number of hydrogen-bond acceptors (Lipinski definition) is 6. The Morgan fingerprint density at radius 2 is 1.67 bits per heavy atom. The second kappa shape index (κ2) is 8.18. The van der Waals surface area contributed by atoms with Gasteiger partial charge in [-0.2, -0.15) is 0 Å². The number of carbonyl (C=O) groups excluding carboxylic acids is 1. The zero-order valence-electron chi connectivity index (χ0n) is 21.5. The first-order chi connectivity index (χ1) is 15.5. The van der Waals surface area contributed by atoms with Crippen molar-refractivity contribution in [1.29, 1.82) is 0 Å². The summed E-state index contributed by atoms with van der Waals surface area (Å²) < 4.78 is 18.4. The summed E-state index contributed by atoms with van der Waals surface area (Å²) in [4.78, 5) is 23.9. The van der Waals surface area contributed by atoms with E-state index in [-0.39, 0.29) is 34.6 Å². The molecule has 2 unspecified atom stereocenters. The minimum absolute atomic E-state index is 0.0645. The van der Waals surface area contributed by atoms with Crippen LogP contribution >= 0.6 is 0 Å². The maximum Gasteiger partial charge on any atom is 0.302 e. The van der Waals surface area contributed by atoms with Gasteiger partial charge in [0.05, 0.1) is 24.2 Å². The van der Waals surface area contributed by atoms with Gasteiger partial charge >= 0.3 is 5.97 Å². The molecule has 5 fully saturated rings. The highest BCUT2D eigenvalue weighted by Crippen LogP contribution is 2.70. The van der Waals surface area contributed by atoms with Crippen molar-refractivity contribution in [3.8, 4) is 0 Å². The lowest BCUT2D eigenvalue weighted by Crippen LogP contribution is -2.63. The average Bonchev–Trinajstić information content (AvgIpc) is 3.32. The first-order valence-electron chi connectivity index (χ1n) is 13.3. The van der Waals surface area contributed by atoms with E-state index < -0.39 is 5.79 Å². The monoisotopic (exact) mass is 464 g/mol. The third kappa shape index (κ3) is 3.78. The molecule has 1 heterocycles. The van der Waals surface area contributed by atoms with E-state index in [1.54, 1.807) is 0 Å². The first-order valence-corrected chi connectivity index (χ1v) is 13.3. The molecule has 0 amide bonds. The third-order valence-electron chi connectivity index (χ3n) is 10.2. The molecule has 0 radical (unpaired) electrons. The molecular formula is C27H44O6. The zero-order chi connectivity index (χ0) is 23.6. The van der Waals surface area contributed by atoms with Gasteiger partial charge in [0.1, 0.15) is 12.2 Å². The van der Waals surface area contributed by atoms with Crippen LogP contribution in [0.2, 0.25) is 0 Å². The molecule has 1 aliphatic heterocycles. The van der Waals surface area contributed by atoms with E-state index in [1.165, 1.54) is 19.8 Å². The van der Waals surface area contributed by atoms with Crippen molar-refractivity contribution in [3.63, 3.8) is 0 Å². The van der Waals surface area contributed by atoms with Gasteiger partial charge < -0.3 is 14.2 Å². The highest BCUT2D eigenvalue weighted by Gasteiger charge is 2.71. The van der Waals surface area contributed by atoms with Crippen LogP contribution < -0.4 is 0 Å². The summed E-state index contributed by atoms with van der Waals surface area (Å²) in [7, 11) is 0. The smallest absolute Gasteiger partial charge is 0.302 e. The van der Waals surface area contributed by atoms with Gasteiger partial charge in [-0.05, 0) is 94.8 Å². The molecule has 4 saturated carbocycles. The van der Waals surface area contributed by atoms with Crippen LogP contribution in [0.4, 0.5) is 0 Å². The van der Waals surface area contributed by atoms with Gasteiger partial charge in [-0.15, -0.1) is 0 Å². The Labute approximate surface area is 199 Å². The Kier molecular flexibility index (Phi) is 5.95. The van der Waals surface area contributed by atoms with E-state index in [9.17, 15) is 4.79 Å². The number of hydrogen-bond donors (Lipinski definition) is 0. The number of carbonyl (C=O) groups is 1. The highest BCUT2D eigenvalue weighted by molar-refractivity contribution is 5.66. The van der Waals surface area contributed by atoms with E-state index >= 15 is 0 Å². The van der Waals surface area contributed by atoms with Gasteiger partial charge in [-0.25, -0.2) is 9.78 Å². The van der Waals surface area contributed by atoms with Gasteiger partial charge in [0.25, 0.3) is 0 Å². The van der Waals surface area contributed by atoms with Crippen LogP contribution in [-0.2, 0) is 28.8 Å². The molecule has 0 aromatic heterocycles. The quantitative estimate of drug-likeness (QED) is 0.315. The van der Waals surface area contributed by atoms with Crippen molar-refractivity contribution >= 4 is 5.97 Å². The van der Waals surface area contributed by atoms with Gasteiger partial charge in [0.15, 0.2) is 5.79 Å². The van der Waals surface area contributed by atoms with Gasteiger partial charge in [-0.1, -0.05) is 13.8 Å². The number of esters is 1. The Morgan fingerprint density at radius 1 is 0.939 bits per heavy atom. The van der Waals surface area contributed by atoms with Crippen LogP contribution in [0.25, 0.3) is 0 Å². The van der Waals surface area contributed by atoms with Crippen LogP contribution in [0.1, 0.15) is 92.9 Å². The predicted octanol–water partition coefficient (Wildman–Crippen LogP) is 5.43. The van der Waals surface area contributed by atoms with Crippen molar-refractivity contribution in [2.24, 2.45) is 34.5 Å². The molecule has 33 heavy (non-hydrogen) atoms. The Balaban J connectivity index is 1.44. The van der Waals surface area contributed by atoms with Crippen molar-refractivity contribution in [2.75, 3.05) is 13.2 Å². The van der Waals surface area contributed by atoms with Crippen LogP contribution in [-0.4, -0.2) is 42.8 Å². The number of fused-ring (bicyclic) bond motifs is 6. The molecular weight excluding hydrogens is 420 g/mol. The molecule has 6 nitrogen and oxygen atoms in total. The van der Waals surface area contributed by atoms with Crippen LogP contribution in [0.3, 0.4) is 0 Å². The molecule has 6 heteroatoms. The number of rotatable bonds is 3. The summed E-state index contributed by atoms with van der Waals surface area (Å²) in [5.41, 5.74) is -0.335. The normalized spacial score (nSPS) is 46.5. The molecule has 1 spiro atoms. The van der Waals surface area contributed by atoms with Crippen molar-refractivity contribution in [3.05, 3.63) is 0 Å². The van der Waals surface area contributed by atoms with Crippen LogP contribution in [0.15, 0.2) is 0 Å². The molecule has 0 aromatic carbocycles. The third-order valence-corrected chi connectivity index (χ3v) is 10.2. The second-order valence-corrected chi connectivity index (χ2v) is 13.0. The maximum absolute atomic E-state index is 11.6. The Hall–Kier alpha value is -0.690. The van der Waals surface area contributed by atoms with Crippen LogP contribution in [0.5, 0.6) is 0 Å². The van der Waals surface area contributed by atoms with Crippen LogP contribution in [0, 0.1) is 34.5 Å². The lowest BCUT2D eigenvalue weighted by atomic mass is 9.44. The van der Waals surface area contributed by atoms with E-state index in [0.717, 1.165) is 38.5 Å². The number of ether oxygens (including phenoxy) is 3. The highest BCUT2D eigenvalue weighted by atomic mass is 17.2. The molecule has 0 aromatic rings. The SMILES string of the molecule is CC(=O)O[C@@H]1CC[C@]2(C)C3CC(OOC(C)(C)C)[C@@]4(C)[C@@H](CCC45OCCO5)[C@@H]3CC[C@@H]2C1. The van der Waals surface area contributed by atoms with Gasteiger partial charge in [0, 0.05) is 13.3 Å². The van der Waals surface area contributed by atoms with Crippen molar-refractivity contribution in [2.45, 2.75) is 117 Å². The molecule has 0 N–H and O–H groups in total. The molecule has 0 bridgehead atoms. The summed E-state index contributed by atoms with van der Waals surface area (Å²) in [6.45, 7) is 13.9. The largest absolute Gasteiger partial charge is 0.463 e. The fourth-order valence-corrected chi connectivity index (χ4v) is 8.73. The Bertz CT molecular complexity index is 754. The van der Waals surface area contributed by atoms with Crippen molar-refractivity contribution < 1.29 is 28.8 Å². The summed E-state index contributed by atoms with van der Waals surface area (Å²) >= 11 is 0. The zero-order valence-corrected chi connectivity index (χ0v) is 21.5. The van der Waals surface area contributed by atoms with E-state index in [1.807, 2.05) is 20.8 Å². The lowest BCUT2D eigenvalue weighted by molar-refractivity contribution is -0.420. The summed E-state index contributed by atoms with van der Waals surface area (Å²) in [5, 5.41) is 0. The van der Waals surface area contributed by atoms with E-state index in [4.69, 9.17) is 24.0 Å². The minimum Gasteiger partial charge on any atom is -0.463 e. The molecule has 188 valence electrons. The van der Waals surface area contributed by atoms with Crippen molar-refractivity contribution in [1.82, 2.24) is 0 Å². The lowest BCUT2D eigenvalue weighted by Gasteiger charge is -2.63. The molecule has 8 atom stereocenters. The van der Waals surface area contributed by atoms with E-state index in [0.29, 0.717) is 36.9 Å². The molecule has 4 aliphatic carbocycles. The summed E-state index contributed by atoms with van der Waals surface area (Å²) in [6.07, 6.45) is 8.62. The topological polar surface area (TPSA) is 63.2 Å². The average molecular weight is 465 g/mol. The second-order valence-electron chi connectivity index (χ2n) is 13.0. The minimum atomic E-state index is -0.542. The molecule has 5 aliphatic rings. The molecule has 5 rings (SSSR count).